The lowest BCUT2D eigenvalue weighted by Gasteiger charge is -2.20. The van der Waals surface area contributed by atoms with Crippen molar-refractivity contribution in [3.05, 3.63) is 42.0 Å². The molecule has 0 N–H and O–H groups in total. The van der Waals surface area contributed by atoms with Crippen molar-refractivity contribution >= 4 is 19.6 Å². The highest BCUT2D eigenvalue weighted by Gasteiger charge is 2.20. The van der Waals surface area contributed by atoms with Crippen molar-refractivity contribution in [1.82, 2.24) is 0 Å². The van der Waals surface area contributed by atoms with Crippen LogP contribution in [-0.2, 0) is 4.79 Å². The quantitative estimate of drug-likeness (QED) is 0.420. The monoisotopic (exact) mass is 204 g/mol. The van der Waals surface area contributed by atoms with E-state index in [1.807, 2.05) is 18.2 Å². The summed E-state index contributed by atoms with van der Waals surface area (Å²) in [5.41, 5.74) is 1.18. The van der Waals surface area contributed by atoms with Crippen LogP contribution < -0.4 is 0 Å². The van der Waals surface area contributed by atoms with E-state index in [0.717, 1.165) is 6.29 Å². The molecule has 0 aliphatic heterocycles. The van der Waals surface area contributed by atoms with Gasteiger partial charge in [-0.05, 0) is 16.8 Å². The normalized spacial score (nSPS) is 12.6. The third-order valence-corrected chi connectivity index (χ3v) is 4.20. The summed E-state index contributed by atoms with van der Waals surface area (Å²) in [6, 6.07) is 10.1. The Hall–Kier alpha value is -1.15. The highest BCUT2D eigenvalue weighted by Crippen LogP contribution is 2.24. The molecule has 0 saturated heterocycles. The Kier molecular flexibility index (Phi) is 3.41. The van der Waals surface area contributed by atoms with Crippen LogP contribution in [0.25, 0.3) is 5.20 Å². The second kappa shape index (κ2) is 4.38. The van der Waals surface area contributed by atoms with Gasteiger partial charge in [0.2, 0.25) is 0 Å². The van der Waals surface area contributed by atoms with Crippen LogP contribution in [0.5, 0.6) is 0 Å². The number of rotatable bonds is 3. The number of carbonyl (C=O) groups is 1. The Balaban J connectivity index is 3.15. The molecule has 1 aromatic carbocycles. The molecule has 0 fully saturated rings. The number of hydrogen-bond donors (Lipinski definition) is 0. The molecule has 0 unspecified atom stereocenters. The van der Waals surface area contributed by atoms with Gasteiger partial charge in [-0.15, -0.1) is 0 Å². The van der Waals surface area contributed by atoms with Crippen molar-refractivity contribution in [3.63, 3.8) is 0 Å². The van der Waals surface area contributed by atoms with Gasteiger partial charge in [0.15, 0.2) is 0 Å². The standard InChI is InChI=1S/C12H16OSi/c1-14(2,3)12(9-10-13)11-7-5-4-6-8-11/h4-10H,1-3H3/b12-9-. The predicted octanol–water partition coefficient (Wildman–Crippen LogP) is 3.15. The number of allylic oxidation sites excluding steroid dienone is 1. The third-order valence-electron chi connectivity index (χ3n) is 2.13. The van der Waals surface area contributed by atoms with Crippen LogP contribution >= 0.6 is 0 Å². The first kappa shape index (κ1) is 10.9. The summed E-state index contributed by atoms with van der Waals surface area (Å²) < 4.78 is 0. The molecule has 74 valence electrons. The highest BCUT2D eigenvalue weighted by atomic mass is 28.3. The van der Waals surface area contributed by atoms with Gasteiger partial charge in [0.25, 0.3) is 0 Å². The molecule has 0 aliphatic rings. The zero-order valence-electron chi connectivity index (χ0n) is 8.95. The van der Waals surface area contributed by atoms with E-state index in [2.05, 4.69) is 31.8 Å². The average Bonchev–Trinajstić information content (AvgIpc) is 2.14. The second-order valence-electron chi connectivity index (χ2n) is 4.33. The van der Waals surface area contributed by atoms with E-state index in [0.29, 0.717) is 0 Å². The Morgan fingerprint density at radius 1 is 1.14 bits per heavy atom. The Morgan fingerprint density at radius 3 is 2.14 bits per heavy atom. The summed E-state index contributed by atoms with van der Waals surface area (Å²) in [5, 5.41) is 1.22. The molecule has 1 nitrogen and oxygen atoms in total. The SMILES string of the molecule is C[Si](C)(C)/C(=C\C=O)c1ccccc1. The van der Waals surface area contributed by atoms with Crippen molar-refractivity contribution in [2.75, 3.05) is 0 Å². The Morgan fingerprint density at radius 2 is 1.71 bits per heavy atom. The van der Waals surface area contributed by atoms with Gasteiger partial charge < -0.3 is 0 Å². The smallest absolute Gasteiger partial charge is 0.142 e. The lowest BCUT2D eigenvalue weighted by Crippen LogP contribution is -2.22. The fraction of sp³-hybridized carbons (Fsp3) is 0.250. The summed E-state index contributed by atoms with van der Waals surface area (Å²) in [5.74, 6) is 0. The molecular weight excluding hydrogens is 188 g/mol. The Bertz CT molecular complexity index is 333. The van der Waals surface area contributed by atoms with Gasteiger partial charge in [-0.1, -0.05) is 50.0 Å². The molecule has 0 aromatic heterocycles. The van der Waals surface area contributed by atoms with E-state index in [1.54, 1.807) is 6.08 Å². The van der Waals surface area contributed by atoms with Gasteiger partial charge >= 0.3 is 0 Å². The van der Waals surface area contributed by atoms with Crippen molar-refractivity contribution in [2.45, 2.75) is 19.6 Å². The van der Waals surface area contributed by atoms with Crippen LogP contribution in [0.15, 0.2) is 36.4 Å². The predicted molar refractivity (Wildman–Crippen MR) is 63.8 cm³/mol. The van der Waals surface area contributed by atoms with Crippen LogP contribution in [0.4, 0.5) is 0 Å². The number of aldehydes is 1. The van der Waals surface area contributed by atoms with Gasteiger partial charge in [0.1, 0.15) is 6.29 Å². The van der Waals surface area contributed by atoms with Crippen LogP contribution in [-0.4, -0.2) is 14.4 Å². The fourth-order valence-corrected chi connectivity index (χ4v) is 3.07. The van der Waals surface area contributed by atoms with E-state index in [4.69, 9.17) is 0 Å². The highest BCUT2D eigenvalue weighted by molar-refractivity contribution is 6.93. The van der Waals surface area contributed by atoms with Crippen LogP contribution in [0.2, 0.25) is 19.6 Å². The molecule has 0 amide bonds. The fourth-order valence-electron chi connectivity index (χ4n) is 1.46. The average molecular weight is 204 g/mol. The van der Waals surface area contributed by atoms with Gasteiger partial charge in [-0.25, -0.2) is 0 Å². The molecule has 0 saturated carbocycles. The summed E-state index contributed by atoms with van der Waals surface area (Å²) in [6.07, 6.45) is 2.60. The molecule has 0 bridgehead atoms. The number of benzene rings is 1. The van der Waals surface area contributed by atoms with E-state index in [9.17, 15) is 4.79 Å². The van der Waals surface area contributed by atoms with E-state index < -0.39 is 8.07 Å². The van der Waals surface area contributed by atoms with Crippen LogP contribution in [0.1, 0.15) is 5.56 Å². The maximum absolute atomic E-state index is 10.6. The zero-order chi connectivity index (χ0) is 10.6. The van der Waals surface area contributed by atoms with E-state index >= 15 is 0 Å². The van der Waals surface area contributed by atoms with Gasteiger partial charge in [0, 0.05) is 0 Å². The molecule has 1 aromatic rings. The topological polar surface area (TPSA) is 17.1 Å². The van der Waals surface area contributed by atoms with Gasteiger partial charge in [0.05, 0.1) is 8.07 Å². The molecule has 14 heavy (non-hydrogen) atoms. The first-order valence-electron chi connectivity index (χ1n) is 4.77. The maximum Gasteiger partial charge on any atom is 0.142 e. The summed E-state index contributed by atoms with van der Waals surface area (Å²) in [7, 11) is -1.42. The minimum absolute atomic E-state index is 0.889. The molecule has 0 spiro atoms. The molecular formula is C12H16OSi. The third kappa shape index (κ3) is 2.67. The zero-order valence-corrected chi connectivity index (χ0v) is 9.95. The van der Waals surface area contributed by atoms with Crippen molar-refractivity contribution < 1.29 is 4.79 Å². The minimum atomic E-state index is -1.42. The molecule has 0 heterocycles. The molecule has 0 aliphatic carbocycles. The van der Waals surface area contributed by atoms with Crippen molar-refractivity contribution in [2.24, 2.45) is 0 Å². The van der Waals surface area contributed by atoms with Crippen molar-refractivity contribution in [1.29, 1.82) is 0 Å². The van der Waals surface area contributed by atoms with Crippen LogP contribution in [0.3, 0.4) is 0 Å². The molecule has 2 heteroatoms. The molecule has 0 radical (unpaired) electrons. The van der Waals surface area contributed by atoms with Gasteiger partial charge in [-0.3, -0.25) is 4.79 Å². The number of carbonyl (C=O) groups excluding carboxylic acids is 1. The van der Waals surface area contributed by atoms with E-state index in [-0.39, 0.29) is 0 Å². The maximum atomic E-state index is 10.6. The van der Waals surface area contributed by atoms with Crippen molar-refractivity contribution in [3.8, 4) is 0 Å². The Labute approximate surface area is 86.5 Å². The van der Waals surface area contributed by atoms with Crippen LogP contribution in [0, 0.1) is 0 Å². The molecule has 0 atom stereocenters. The summed E-state index contributed by atoms with van der Waals surface area (Å²) in [6.45, 7) is 6.74. The summed E-state index contributed by atoms with van der Waals surface area (Å²) in [4.78, 5) is 10.6. The largest absolute Gasteiger partial charge is 0.299 e. The minimum Gasteiger partial charge on any atom is -0.299 e. The first-order valence-corrected chi connectivity index (χ1v) is 8.27. The lowest BCUT2D eigenvalue weighted by molar-refractivity contribution is -0.104. The molecule has 1 rings (SSSR count). The second-order valence-corrected chi connectivity index (χ2v) is 9.37. The van der Waals surface area contributed by atoms with E-state index in [1.165, 1.54) is 10.8 Å². The number of hydrogen-bond acceptors (Lipinski definition) is 1. The van der Waals surface area contributed by atoms with Gasteiger partial charge in [-0.2, -0.15) is 0 Å². The first-order chi connectivity index (χ1) is 6.55. The summed E-state index contributed by atoms with van der Waals surface area (Å²) >= 11 is 0. The lowest BCUT2D eigenvalue weighted by atomic mass is 10.2.